The first-order chi connectivity index (χ1) is 12.6. The zero-order valence-electron chi connectivity index (χ0n) is 14.5. The highest BCUT2D eigenvalue weighted by Gasteiger charge is 2.09. The van der Waals surface area contributed by atoms with Crippen LogP contribution in [0.3, 0.4) is 0 Å². The van der Waals surface area contributed by atoms with Crippen LogP contribution in [-0.4, -0.2) is 44.7 Å². The summed E-state index contributed by atoms with van der Waals surface area (Å²) in [5, 5.41) is 4.63. The molecule has 0 saturated heterocycles. The van der Waals surface area contributed by atoms with E-state index in [2.05, 4.69) is 10.1 Å². The number of methoxy groups -OCH3 is 1. The lowest BCUT2D eigenvalue weighted by molar-refractivity contribution is -0.150. The van der Waals surface area contributed by atoms with Gasteiger partial charge in [0.15, 0.2) is 13.2 Å². The minimum Gasteiger partial charge on any atom is -0.482 e. The molecule has 0 unspecified atom stereocenters. The molecule has 0 aliphatic carbocycles. The van der Waals surface area contributed by atoms with E-state index < -0.39 is 18.5 Å². The third-order valence-electron chi connectivity index (χ3n) is 3.55. The second kappa shape index (κ2) is 10.0. The molecule has 0 aromatic heterocycles. The van der Waals surface area contributed by atoms with Crippen molar-refractivity contribution in [2.24, 2.45) is 0 Å². The predicted octanol–water partition coefficient (Wildman–Crippen LogP) is 1.83. The number of hydrogen-bond acceptors (Lipinski definition) is 6. The van der Waals surface area contributed by atoms with Gasteiger partial charge in [-0.3, -0.25) is 9.59 Å². The molecule has 2 rings (SSSR count). The summed E-state index contributed by atoms with van der Waals surface area (Å²) in [5.74, 6) is -0.860. The van der Waals surface area contributed by atoms with Gasteiger partial charge in [-0.25, -0.2) is 4.79 Å². The van der Waals surface area contributed by atoms with E-state index in [9.17, 15) is 14.4 Å². The highest BCUT2D eigenvalue weighted by molar-refractivity contribution is 5.84. The fourth-order valence-electron chi connectivity index (χ4n) is 2.20. The summed E-state index contributed by atoms with van der Waals surface area (Å²) in [5.41, 5.74) is 0. The number of fused-ring (bicyclic) bond motifs is 1. The highest BCUT2D eigenvalue weighted by Crippen LogP contribution is 2.20. The number of carbonyl (C=O) groups is 3. The average Bonchev–Trinajstić information content (AvgIpc) is 2.67. The largest absolute Gasteiger partial charge is 0.482 e. The summed E-state index contributed by atoms with van der Waals surface area (Å²) in [6.45, 7) is -0.370. The number of nitrogens with one attached hydrogen (secondary N) is 1. The quantitative estimate of drug-likeness (QED) is 0.543. The van der Waals surface area contributed by atoms with Crippen LogP contribution in [0.2, 0.25) is 0 Å². The van der Waals surface area contributed by atoms with Gasteiger partial charge >= 0.3 is 11.9 Å². The van der Waals surface area contributed by atoms with Crippen molar-refractivity contribution in [2.75, 3.05) is 26.9 Å². The van der Waals surface area contributed by atoms with E-state index in [1.807, 2.05) is 36.4 Å². The van der Waals surface area contributed by atoms with Crippen molar-refractivity contribution in [3.05, 3.63) is 42.5 Å². The van der Waals surface area contributed by atoms with Crippen LogP contribution in [0, 0.1) is 0 Å². The summed E-state index contributed by atoms with van der Waals surface area (Å²) in [4.78, 5) is 34.1. The normalized spacial score (nSPS) is 10.2. The molecule has 0 radical (unpaired) electrons. The maximum absolute atomic E-state index is 11.7. The Morgan fingerprint density at radius 2 is 1.73 bits per heavy atom. The van der Waals surface area contributed by atoms with Gasteiger partial charge < -0.3 is 19.5 Å². The molecule has 7 heteroatoms. The van der Waals surface area contributed by atoms with E-state index >= 15 is 0 Å². The second-order valence-corrected chi connectivity index (χ2v) is 5.49. The summed E-state index contributed by atoms with van der Waals surface area (Å²) in [7, 11) is 1.31. The molecular weight excluding hydrogens is 338 g/mol. The molecule has 1 N–H and O–H groups in total. The first-order valence-corrected chi connectivity index (χ1v) is 8.19. The molecule has 2 aromatic carbocycles. The van der Waals surface area contributed by atoms with Crippen LogP contribution in [-0.2, 0) is 23.9 Å². The fraction of sp³-hybridized carbons (Fsp3) is 0.316. The third kappa shape index (κ3) is 6.43. The Morgan fingerprint density at radius 1 is 0.962 bits per heavy atom. The van der Waals surface area contributed by atoms with Gasteiger partial charge in [0.1, 0.15) is 5.75 Å². The first-order valence-electron chi connectivity index (χ1n) is 8.19. The van der Waals surface area contributed by atoms with E-state index in [0.29, 0.717) is 18.7 Å². The molecule has 0 bridgehead atoms. The van der Waals surface area contributed by atoms with Crippen LogP contribution in [0.15, 0.2) is 42.5 Å². The predicted molar refractivity (Wildman–Crippen MR) is 94.7 cm³/mol. The van der Waals surface area contributed by atoms with Crippen molar-refractivity contribution in [3.63, 3.8) is 0 Å². The van der Waals surface area contributed by atoms with Gasteiger partial charge in [-0.05, 0) is 29.3 Å². The average molecular weight is 359 g/mol. The van der Waals surface area contributed by atoms with Gasteiger partial charge in [-0.15, -0.1) is 0 Å². The number of amides is 1. The Morgan fingerprint density at radius 3 is 2.50 bits per heavy atom. The van der Waals surface area contributed by atoms with E-state index in [1.54, 1.807) is 6.07 Å². The van der Waals surface area contributed by atoms with Gasteiger partial charge in [0.25, 0.3) is 5.91 Å². The lowest BCUT2D eigenvalue weighted by Crippen LogP contribution is -2.30. The fourth-order valence-corrected chi connectivity index (χ4v) is 2.20. The molecule has 2 aromatic rings. The molecule has 0 fully saturated rings. The Hall–Kier alpha value is -3.09. The topological polar surface area (TPSA) is 90.9 Å². The molecule has 138 valence electrons. The summed E-state index contributed by atoms with van der Waals surface area (Å²) in [6, 6.07) is 13.3. The van der Waals surface area contributed by atoms with Crippen molar-refractivity contribution in [1.82, 2.24) is 5.32 Å². The standard InChI is InChI=1S/C19H21NO6/c1-24-18(22)7-4-10-20-17(21)12-26-19(23)13-25-16-9-8-14-5-2-3-6-15(14)11-16/h2-3,5-6,8-9,11H,4,7,10,12-13H2,1H3,(H,20,21). The minimum atomic E-state index is -0.636. The Balaban J connectivity index is 1.65. The number of hydrogen-bond donors (Lipinski definition) is 1. The van der Waals surface area contributed by atoms with Crippen molar-refractivity contribution in [2.45, 2.75) is 12.8 Å². The number of ether oxygens (including phenoxy) is 3. The summed E-state index contributed by atoms with van der Waals surface area (Å²) >= 11 is 0. The molecule has 0 aliphatic rings. The summed E-state index contributed by atoms with van der Waals surface area (Å²) in [6.07, 6.45) is 0.674. The van der Waals surface area contributed by atoms with Gasteiger partial charge in [-0.2, -0.15) is 0 Å². The van der Waals surface area contributed by atoms with Gasteiger partial charge in [0.05, 0.1) is 7.11 Å². The van der Waals surface area contributed by atoms with Crippen molar-refractivity contribution in [1.29, 1.82) is 0 Å². The Kier molecular flexibility index (Phi) is 7.42. The van der Waals surface area contributed by atoms with Gasteiger partial charge in [0.2, 0.25) is 0 Å². The highest BCUT2D eigenvalue weighted by atomic mass is 16.6. The number of esters is 2. The van der Waals surface area contributed by atoms with Crippen LogP contribution in [0.1, 0.15) is 12.8 Å². The molecule has 1 amide bonds. The van der Waals surface area contributed by atoms with Crippen LogP contribution in [0.25, 0.3) is 10.8 Å². The molecule has 0 saturated carbocycles. The third-order valence-corrected chi connectivity index (χ3v) is 3.55. The SMILES string of the molecule is COC(=O)CCCNC(=O)COC(=O)COc1ccc2ccccc2c1. The maximum atomic E-state index is 11.7. The monoisotopic (exact) mass is 359 g/mol. The van der Waals surface area contributed by atoms with Crippen LogP contribution >= 0.6 is 0 Å². The smallest absolute Gasteiger partial charge is 0.344 e. The maximum Gasteiger partial charge on any atom is 0.344 e. The lowest BCUT2D eigenvalue weighted by atomic mass is 10.1. The van der Waals surface area contributed by atoms with E-state index in [-0.39, 0.29) is 19.0 Å². The van der Waals surface area contributed by atoms with Crippen LogP contribution < -0.4 is 10.1 Å². The van der Waals surface area contributed by atoms with Gasteiger partial charge in [-0.1, -0.05) is 30.3 Å². The van der Waals surface area contributed by atoms with E-state index in [4.69, 9.17) is 9.47 Å². The number of benzene rings is 2. The van der Waals surface area contributed by atoms with Crippen molar-refractivity contribution < 1.29 is 28.6 Å². The molecule has 0 atom stereocenters. The molecule has 0 spiro atoms. The zero-order valence-corrected chi connectivity index (χ0v) is 14.5. The zero-order chi connectivity index (χ0) is 18.8. The molecule has 0 heterocycles. The molecule has 0 aliphatic heterocycles. The molecular formula is C19H21NO6. The van der Waals surface area contributed by atoms with Crippen LogP contribution in [0.5, 0.6) is 5.75 Å². The van der Waals surface area contributed by atoms with Crippen molar-refractivity contribution >= 4 is 28.6 Å². The van der Waals surface area contributed by atoms with Crippen LogP contribution in [0.4, 0.5) is 0 Å². The summed E-state index contributed by atoms with van der Waals surface area (Å²) < 4.78 is 14.7. The second-order valence-electron chi connectivity index (χ2n) is 5.49. The van der Waals surface area contributed by atoms with Crippen molar-refractivity contribution in [3.8, 4) is 5.75 Å². The lowest BCUT2D eigenvalue weighted by Gasteiger charge is -2.08. The number of rotatable bonds is 9. The number of carbonyl (C=O) groups excluding carboxylic acids is 3. The Labute approximate surface area is 151 Å². The van der Waals surface area contributed by atoms with Gasteiger partial charge in [0, 0.05) is 13.0 Å². The molecule has 26 heavy (non-hydrogen) atoms. The first kappa shape index (κ1) is 19.2. The minimum absolute atomic E-state index is 0.218. The van der Waals surface area contributed by atoms with E-state index in [1.165, 1.54) is 7.11 Å². The van der Waals surface area contributed by atoms with E-state index in [0.717, 1.165) is 10.8 Å². The molecule has 7 nitrogen and oxygen atoms in total. The Bertz CT molecular complexity index is 773.